The number of hydrogen-bond donors (Lipinski definition) is 4. The highest BCUT2D eigenvalue weighted by atomic mass is 16.4. The van der Waals surface area contributed by atoms with E-state index in [4.69, 9.17) is 17.9 Å². The van der Waals surface area contributed by atoms with Gasteiger partial charge in [0.05, 0.1) is 22.4 Å². The lowest BCUT2D eigenvalue weighted by atomic mass is 9.87. The normalized spacial score (nSPS) is 15.4. The molecule has 18 nitrogen and oxygen atoms in total. The fourth-order valence-corrected chi connectivity index (χ4v) is 8.10. The number of aromatic amines is 2. The number of benzene rings is 4. The lowest BCUT2D eigenvalue weighted by Crippen LogP contribution is -2.56. The van der Waals surface area contributed by atoms with Gasteiger partial charge in [0.1, 0.15) is 7.85 Å². The molecule has 4 aromatic carbocycles. The lowest BCUT2D eigenvalue weighted by Gasteiger charge is -2.39. The molecule has 0 saturated carbocycles. The second kappa shape index (κ2) is 23.5. The van der Waals surface area contributed by atoms with E-state index in [0.29, 0.717) is 84.0 Å². The van der Waals surface area contributed by atoms with Crippen molar-refractivity contribution >= 4 is 72.6 Å². The van der Waals surface area contributed by atoms with Crippen molar-refractivity contribution in [2.75, 3.05) is 77.3 Å². The number of amides is 4. The molecule has 2 atom stereocenters. The molecule has 360 valence electrons. The molecule has 0 aliphatic carbocycles. The van der Waals surface area contributed by atoms with Crippen molar-refractivity contribution in [3.8, 4) is 11.3 Å². The van der Waals surface area contributed by atoms with Crippen LogP contribution in [0.25, 0.3) is 11.3 Å². The van der Waals surface area contributed by atoms with Gasteiger partial charge in [-0.05, 0) is 74.5 Å². The van der Waals surface area contributed by atoms with Gasteiger partial charge in [0, 0.05) is 120 Å². The van der Waals surface area contributed by atoms with Gasteiger partial charge in [-0.1, -0.05) is 54.0 Å². The molecule has 2 fully saturated rings. The number of nitrogens with one attached hydrogen (secondary N) is 2. The highest BCUT2D eigenvalue weighted by Gasteiger charge is 2.36. The molecule has 2 radical (unpaired) electrons. The van der Waals surface area contributed by atoms with Gasteiger partial charge in [-0.15, -0.1) is 0 Å². The van der Waals surface area contributed by atoms with Crippen LogP contribution in [0.2, 0.25) is 0 Å². The van der Waals surface area contributed by atoms with Gasteiger partial charge in [-0.25, -0.2) is 0 Å². The van der Waals surface area contributed by atoms with E-state index in [9.17, 15) is 28.8 Å². The molecule has 6 aromatic rings. The third kappa shape index (κ3) is 12.4. The number of ketones is 2. The zero-order valence-corrected chi connectivity index (χ0v) is 40.0. The molecule has 70 heavy (non-hydrogen) atoms. The average molecular weight is 947 g/mol. The molecule has 4 amide bonds. The van der Waals surface area contributed by atoms with E-state index < -0.39 is 30.5 Å². The maximum absolute atomic E-state index is 13.2. The van der Waals surface area contributed by atoms with Crippen LogP contribution in [-0.2, 0) is 9.59 Å². The quantitative estimate of drug-likeness (QED) is 0.0880. The summed E-state index contributed by atoms with van der Waals surface area (Å²) >= 11 is 0. The number of piperazine rings is 2. The maximum atomic E-state index is 13.2. The Hall–Kier alpha value is -7.83. The third-order valence-corrected chi connectivity index (χ3v) is 11.9. The minimum atomic E-state index is -1.43. The third-order valence-electron chi connectivity index (χ3n) is 11.9. The lowest BCUT2D eigenvalue weighted by molar-refractivity contribution is -0.130. The molecule has 4 heterocycles. The van der Waals surface area contributed by atoms with Gasteiger partial charge in [0.25, 0.3) is 35.2 Å². The standard InChI is InChI=1S/C25H27N5O3.C22H24BN3O3.C3H5BN2O2/c1-17-16-29(24(32)18-7-5-4-6-8-18)13-14-30(17)25(33)23(31)20-10-9-19(15-22(20)28(2)3)21-11-12-26-27-21;1-15-14-25(21(28)16-7-5-4-6-8-16)11-12-26(15)22(29)20(27)18-10-9-17(23)13-19(18)24(2)3;7-4(8)3-1-2-5-6-3/h4-12,15,17H,13-14,16H2,1-3H3,(H,26,27);4-10,13,15H,11-12,14H2,1-3H3;1-2,7-8H,(H,5,6)/t17-;15-;/m11./s1. The van der Waals surface area contributed by atoms with Crippen LogP contribution in [0.5, 0.6) is 0 Å². The molecule has 0 unspecified atom stereocenters. The molecule has 0 bridgehead atoms. The second-order valence-corrected chi connectivity index (χ2v) is 17.2. The Morgan fingerprint density at radius 3 is 1.46 bits per heavy atom. The predicted octanol–water partition coefficient (Wildman–Crippen LogP) is 1.89. The molecular formula is C50H56B2N10O8. The Morgan fingerprint density at radius 2 is 1.06 bits per heavy atom. The molecule has 2 aliphatic heterocycles. The van der Waals surface area contributed by atoms with Gasteiger partial charge in [0.15, 0.2) is 0 Å². The molecule has 2 aliphatic rings. The van der Waals surface area contributed by atoms with E-state index in [1.807, 2.05) is 81.4 Å². The van der Waals surface area contributed by atoms with Crippen LogP contribution in [0.1, 0.15) is 55.3 Å². The fourth-order valence-electron chi connectivity index (χ4n) is 8.10. The molecule has 8 rings (SSSR count). The number of Topliss-reactive ketones (excluding diaryl/α,β-unsaturated/α-hetero) is 2. The van der Waals surface area contributed by atoms with Crippen molar-refractivity contribution in [3.63, 3.8) is 0 Å². The topological polar surface area (TPSA) is 220 Å². The highest BCUT2D eigenvalue weighted by Crippen LogP contribution is 2.28. The van der Waals surface area contributed by atoms with Crippen LogP contribution >= 0.6 is 0 Å². The Labute approximate surface area is 408 Å². The number of H-pyrrole nitrogens is 2. The minimum absolute atomic E-state index is 0.0647. The first-order valence-electron chi connectivity index (χ1n) is 22.6. The fraction of sp³-hybridized carbons (Fsp3) is 0.280. The van der Waals surface area contributed by atoms with Crippen LogP contribution in [0, 0.1) is 0 Å². The van der Waals surface area contributed by atoms with E-state index in [-0.39, 0.29) is 23.9 Å². The predicted molar refractivity (Wildman–Crippen MR) is 269 cm³/mol. The summed E-state index contributed by atoms with van der Waals surface area (Å²) in [6.45, 7) is 5.89. The molecule has 0 spiro atoms. The van der Waals surface area contributed by atoms with Crippen molar-refractivity contribution in [3.05, 3.63) is 144 Å². The van der Waals surface area contributed by atoms with Crippen LogP contribution in [0.4, 0.5) is 11.4 Å². The van der Waals surface area contributed by atoms with Crippen molar-refractivity contribution in [1.82, 2.24) is 40.0 Å². The summed E-state index contributed by atoms with van der Waals surface area (Å²) in [4.78, 5) is 87.9. The van der Waals surface area contributed by atoms with Crippen molar-refractivity contribution in [1.29, 1.82) is 0 Å². The van der Waals surface area contributed by atoms with Crippen LogP contribution < -0.4 is 20.9 Å². The van der Waals surface area contributed by atoms with Crippen molar-refractivity contribution < 1.29 is 38.8 Å². The number of carbonyl (C=O) groups excluding carboxylic acids is 6. The zero-order chi connectivity index (χ0) is 50.6. The van der Waals surface area contributed by atoms with Crippen molar-refractivity contribution in [2.45, 2.75) is 25.9 Å². The Kier molecular flexibility index (Phi) is 17.3. The highest BCUT2D eigenvalue weighted by molar-refractivity contribution is 6.57. The van der Waals surface area contributed by atoms with Crippen molar-refractivity contribution in [2.24, 2.45) is 0 Å². The number of hydrogen-bond acceptors (Lipinski definition) is 12. The van der Waals surface area contributed by atoms with Gasteiger partial charge < -0.3 is 39.4 Å². The summed E-state index contributed by atoms with van der Waals surface area (Å²) in [6.07, 6.45) is 3.12. The zero-order valence-electron chi connectivity index (χ0n) is 40.0. The summed E-state index contributed by atoms with van der Waals surface area (Å²) in [5, 5.41) is 29.6. The van der Waals surface area contributed by atoms with E-state index in [0.717, 1.165) is 11.3 Å². The number of carbonyl (C=O) groups is 6. The average Bonchev–Trinajstić information content (AvgIpc) is 4.13. The SMILES string of the molecule is C[C@@H]1CN(C(=O)c2ccccc2)CCN1C(=O)C(=O)c1ccc(-c2ccn[nH]2)cc1N(C)C.OB(O)c1ccn[nH]1.[B]c1ccc(C(=O)C(=O)N2CCN(C(=O)c3ccccc3)C[C@H]2C)c(N(C)C)c1. The van der Waals surface area contributed by atoms with E-state index in [1.54, 1.807) is 99.4 Å². The van der Waals surface area contributed by atoms with Crippen LogP contribution in [-0.4, -0.2) is 180 Å². The monoisotopic (exact) mass is 946 g/mol. The molecule has 4 N–H and O–H groups in total. The summed E-state index contributed by atoms with van der Waals surface area (Å²) in [6, 6.07) is 31.2. The second-order valence-electron chi connectivity index (χ2n) is 17.2. The van der Waals surface area contributed by atoms with Gasteiger partial charge in [-0.3, -0.25) is 39.0 Å². The maximum Gasteiger partial charge on any atom is 0.507 e. The summed E-state index contributed by atoms with van der Waals surface area (Å²) < 4.78 is 0. The summed E-state index contributed by atoms with van der Waals surface area (Å²) in [7, 11) is 11.7. The van der Waals surface area contributed by atoms with E-state index in [2.05, 4.69) is 20.4 Å². The molecule has 2 aromatic heterocycles. The number of aromatic nitrogens is 4. The Balaban J connectivity index is 0.000000199. The molecule has 2 saturated heterocycles. The Bertz CT molecular complexity index is 2760. The molecule has 20 heteroatoms. The van der Waals surface area contributed by atoms with Gasteiger partial charge in [0.2, 0.25) is 0 Å². The number of nitrogens with zero attached hydrogens (tertiary/aromatic N) is 8. The van der Waals surface area contributed by atoms with Gasteiger partial charge >= 0.3 is 7.12 Å². The Morgan fingerprint density at radius 1 is 0.600 bits per heavy atom. The van der Waals surface area contributed by atoms with E-state index in [1.165, 1.54) is 12.3 Å². The smallest absolute Gasteiger partial charge is 0.422 e. The largest absolute Gasteiger partial charge is 0.507 e. The number of anilines is 2. The first-order chi connectivity index (χ1) is 33.5. The first-order valence-corrected chi connectivity index (χ1v) is 22.6. The van der Waals surface area contributed by atoms with E-state index >= 15 is 0 Å². The van der Waals surface area contributed by atoms with Crippen LogP contribution in [0.15, 0.2) is 122 Å². The summed E-state index contributed by atoms with van der Waals surface area (Å²) in [5.74, 6) is -2.36. The summed E-state index contributed by atoms with van der Waals surface area (Å²) in [5.41, 5.74) is 5.72. The van der Waals surface area contributed by atoms with Crippen LogP contribution in [0.3, 0.4) is 0 Å². The molecular weight excluding hydrogens is 890 g/mol. The first kappa shape index (κ1) is 51.6. The number of rotatable bonds is 10. The minimum Gasteiger partial charge on any atom is -0.422 e. The van der Waals surface area contributed by atoms with Gasteiger partial charge in [-0.2, -0.15) is 10.2 Å².